The first-order valence-corrected chi connectivity index (χ1v) is 13.2. The van der Waals surface area contributed by atoms with Crippen LogP contribution in [0.3, 0.4) is 0 Å². The van der Waals surface area contributed by atoms with Crippen molar-refractivity contribution in [3.8, 4) is 0 Å². The number of piperazine rings is 1. The van der Waals surface area contributed by atoms with Crippen LogP contribution in [0.2, 0.25) is 5.02 Å². The second kappa shape index (κ2) is 12.5. The minimum Gasteiger partial charge on any atom is -0.462 e. The Morgan fingerprint density at radius 1 is 0.902 bits per heavy atom. The molecule has 1 aromatic heterocycles. The SMILES string of the molecule is C.CCOC(=O)c1c(N2CCN(C(=O)c3ccc(F)cc3)CC2)c2cc(Cl)ccc2n(Cc2ccc(F)cc2)c1=O. The Labute approximate surface area is 241 Å². The van der Waals surface area contributed by atoms with Gasteiger partial charge < -0.3 is 19.1 Å². The molecule has 5 rings (SSSR count). The summed E-state index contributed by atoms with van der Waals surface area (Å²) in [5.74, 6) is -1.81. The first-order valence-electron chi connectivity index (χ1n) is 12.8. The van der Waals surface area contributed by atoms with Gasteiger partial charge >= 0.3 is 5.97 Å². The highest BCUT2D eigenvalue weighted by Gasteiger charge is 2.30. The van der Waals surface area contributed by atoms with Crippen LogP contribution >= 0.6 is 11.6 Å². The molecule has 1 aliphatic heterocycles. The lowest BCUT2D eigenvalue weighted by atomic mass is 10.0. The van der Waals surface area contributed by atoms with Gasteiger partial charge in [-0.25, -0.2) is 13.6 Å². The Morgan fingerprint density at radius 2 is 1.51 bits per heavy atom. The van der Waals surface area contributed by atoms with Gasteiger partial charge in [-0.3, -0.25) is 9.59 Å². The van der Waals surface area contributed by atoms with E-state index < -0.39 is 23.2 Å². The van der Waals surface area contributed by atoms with Crippen LogP contribution in [0.1, 0.15) is 40.6 Å². The number of anilines is 1. The maximum Gasteiger partial charge on any atom is 0.345 e. The molecule has 1 aliphatic rings. The Hall–Kier alpha value is -4.24. The van der Waals surface area contributed by atoms with Gasteiger partial charge in [-0.2, -0.15) is 0 Å². The molecule has 3 aromatic carbocycles. The molecular formula is C31H30ClF2N3O4. The molecule has 41 heavy (non-hydrogen) atoms. The van der Waals surface area contributed by atoms with Crippen molar-refractivity contribution in [2.24, 2.45) is 0 Å². The number of halogens is 3. The minimum atomic E-state index is -0.762. The molecule has 4 aromatic rings. The fourth-order valence-electron chi connectivity index (χ4n) is 4.97. The van der Waals surface area contributed by atoms with Crippen LogP contribution in [-0.4, -0.2) is 54.1 Å². The van der Waals surface area contributed by atoms with Crippen LogP contribution in [-0.2, 0) is 11.3 Å². The van der Waals surface area contributed by atoms with Crippen LogP contribution in [0, 0.1) is 11.6 Å². The van der Waals surface area contributed by atoms with E-state index in [0.29, 0.717) is 58.9 Å². The zero-order chi connectivity index (χ0) is 28.4. The normalized spacial score (nSPS) is 13.2. The van der Waals surface area contributed by atoms with Crippen molar-refractivity contribution in [2.75, 3.05) is 37.7 Å². The molecule has 1 fully saturated rings. The number of nitrogens with zero attached hydrogens (tertiary/aromatic N) is 3. The fraction of sp³-hybridized carbons (Fsp3) is 0.258. The average molecular weight is 582 g/mol. The number of amides is 1. The standard InChI is InChI=1S/C30H26ClF2N3O4.CH4/c1-2-40-30(39)26-27(34-13-15-35(16-14-34)28(37)20-5-10-23(33)11-6-20)24-17-21(31)7-12-25(24)36(29(26)38)18-19-3-8-22(32)9-4-19;/h3-12,17H,2,13-16,18H2,1H3;1H4. The summed E-state index contributed by atoms with van der Waals surface area (Å²) in [6.07, 6.45) is 0. The number of carbonyl (C=O) groups is 2. The van der Waals surface area contributed by atoms with Gasteiger partial charge in [0.2, 0.25) is 0 Å². The third-order valence-corrected chi connectivity index (χ3v) is 7.14. The summed E-state index contributed by atoms with van der Waals surface area (Å²) >= 11 is 6.39. The van der Waals surface area contributed by atoms with E-state index in [0.717, 1.165) is 0 Å². The molecule has 0 radical (unpaired) electrons. The number of benzene rings is 3. The van der Waals surface area contributed by atoms with Gasteiger partial charge in [0.1, 0.15) is 17.2 Å². The van der Waals surface area contributed by atoms with Gasteiger partial charge in [0, 0.05) is 42.2 Å². The molecule has 0 saturated carbocycles. The van der Waals surface area contributed by atoms with Crippen molar-refractivity contribution in [1.82, 2.24) is 9.47 Å². The first kappa shape index (κ1) is 29.7. The minimum absolute atomic E-state index is 0. The summed E-state index contributed by atoms with van der Waals surface area (Å²) in [7, 11) is 0. The number of rotatable bonds is 6. The number of esters is 1. The third kappa shape index (κ3) is 6.10. The summed E-state index contributed by atoms with van der Waals surface area (Å²) in [5, 5.41) is 0.997. The van der Waals surface area contributed by atoms with Crippen LogP contribution in [0.5, 0.6) is 0 Å². The zero-order valence-electron chi connectivity index (χ0n) is 21.7. The number of pyridine rings is 1. The number of hydrogen-bond donors (Lipinski definition) is 0. The van der Waals surface area contributed by atoms with Gasteiger partial charge in [-0.15, -0.1) is 0 Å². The Bertz CT molecular complexity index is 1630. The maximum atomic E-state index is 13.9. The molecule has 0 aliphatic carbocycles. The predicted molar refractivity (Wildman–Crippen MR) is 156 cm³/mol. The van der Waals surface area contributed by atoms with E-state index >= 15 is 0 Å². The van der Waals surface area contributed by atoms with Crippen molar-refractivity contribution >= 4 is 40.1 Å². The molecule has 10 heteroatoms. The highest BCUT2D eigenvalue weighted by Crippen LogP contribution is 2.33. The lowest BCUT2D eigenvalue weighted by molar-refractivity contribution is 0.0523. The van der Waals surface area contributed by atoms with E-state index in [-0.39, 0.29) is 32.0 Å². The molecule has 0 atom stereocenters. The van der Waals surface area contributed by atoms with Crippen LogP contribution < -0.4 is 10.5 Å². The van der Waals surface area contributed by atoms with E-state index in [1.807, 2.05) is 4.90 Å². The van der Waals surface area contributed by atoms with Gasteiger partial charge in [0.05, 0.1) is 24.4 Å². The van der Waals surface area contributed by atoms with Gasteiger partial charge in [-0.1, -0.05) is 31.2 Å². The molecule has 0 unspecified atom stereocenters. The van der Waals surface area contributed by atoms with E-state index in [4.69, 9.17) is 16.3 Å². The lowest BCUT2D eigenvalue weighted by Gasteiger charge is -2.37. The van der Waals surface area contributed by atoms with Crippen LogP contribution in [0.15, 0.2) is 71.5 Å². The molecule has 1 saturated heterocycles. The Morgan fingerprint density at radius 3 is 2.12 bits per heavy atom. The molecule has 0 N–H and O–H groups in total. The number of fused-ring (bicyclic) bond motifs is 1. The van der Waals surface area contributed by atoms with Gasteiger partial charge in [0.25, 0.3) is 11.5 Å². The topological polar surface area (TPSA) is 71.8 Å². The van der Waals surface area contributed by atoms with Crippen molar-refractivity contribution in [1.29, 1.82) is 0 Å². The van der Waals surface area contributed by atoms with Gasteiger partial charge in [-0.05, 0) is 67.1 Å². The summed E-state index contributed by atoms with van der Waals surface area (Å²) < 4.78 is 33.6. The molecule has 2 heterocycles. The van der Waals surface area contributed by atoms with Crippen molar-refractivity contribution in [3.05, 3.63) is 110 Å². The van der Waals surface area contributed by atoms with E-state index in [2.05, 4.69) is 0 Å². The second-order valence-electron chi connectivity index (χ2n) is 9.41. The molecule has 7 nitrogen and oxygen atoms in total. The smallest absolute Gasteiger partial charge is 0.345 e. The quantitative estimate of drug-likeness (QED) is 0.271. The highest BCUT2D eigenvalue weighted by atomic mass is 35.5. The van der Waals surface area contributed by atoms with Crippen molar-refractivity contribution in [3.63, 3.8) is 0 Å². The number of carbonyl (C=O) groups excluding carboxylic acids is 2. The summed E-state index contributed by atoms with van der Waals surface area (Å²) in [4.78, 5) is 43.7. The fourth-order valence-corrected chi connectivity index (χ4v) is 5.14. The van der Waals surface area contributed by atoms with Crippen LogP contribution in [0.4, 0.5) is 14.5 Å². The predicted octanol–water partition coefficient (Wildman–Crippen LogP) is 5.76. The lowest BCUT2D eigenvalue weighted by Crippen LogP contribution is -2.49. The van der Waals surface area contributed by atoms with Crippen molar-refractivity contribution < 1.29 is 23.1 Å². The molecule has 0 bridgehead atoms. The molecule has 1 amide bonds. The monoisotopic (exact) mass is 581 g/mol. The molecular weight excluding hydrogens is 552 g/mol. The Kier molecular flexibility index (Phi) is 9.08. The average Bonchev–Trinajstić information content (AvgIpc) is 2.95. The largest absolute Gasteiger partial charge is 0.462 e. The van der Waals surface area contributed by atoms with Crippen LogP contribution in [0.25, 0.3) is 10.9 Å². The second-order valence-corrected chi connectivity index (χ2v) is 9.85. The summed E-state index contributed by atoms with van der Waals surface area (Å²) in [6, 6.07) is 16.2. The summed E-state index contributed by atoms with van der Waals surface area (Å²) in [6.45, 7) is 3.14. The number of hydrogen-bond acceptors (Lipinski definition) is 5. The van der Waals surface area contributed by atoms with Crippen molar-refractivity contribution in [2.45, 2.75) is 20.9 Å². The van der Waals surface area contributed by atoms with E-state index in [1.165, 1.54) is 41.0 Å². The first-order chi connectivity index (χ1) is 19.3. The maximum absolute atomic E-state index is 13.9. The van der Waals surface area contributed by atoms with Gasteiger partial charge in [0.15, 0.2) is 0 Å². The number of ether oxygens (including phenoxy) is 1. The molecule has 214 valence electrons. The number of aromatic nitrogens is 1. The summed E-state index contributed by atoms with van der Waals surface area (Å²) in [5.41, 5.74) is 1.32. The molecule has 0 spiro atoms. The van der Waals surface area contributed by atoms with E-state index in [9.17, 15) is 23.2 Å². The van der Waals surface area contributed by atoms with E-state index in [1.54, 1.807) is 42.2 Å². The zero-order valence-corrected chi connectivity index (χ0v) is 22.5. The highest BCUT2D eigenvalue weighted by molar-refractivity contribution is 6.31. The Balaban J connectivity index is 0.00000387. The third-order valence-electron chi connectivity index (χ3n) is 6.91.